The lowest BCUT2D eigenvalue weighted by atomic mass is 9.90. The predicted molar refractivity (Wildman–Crippen MR) is 108 cm³/mol. The number of benzene rings is 1. The highest BCUT2D eigenvalue weighted by atomic mass is 16.5. The van der Waals surface area contributed by atoms with Crippen molar-refractivity contribution in [2.45, 2.75) is 50.6 Å². The maximum Gasteiger partial charge on any atom is 0.255 e. The summed E-state index contributed by atoms with van der Waals surface area (Å²) in [6.45, 7) is 1.28. The van der Waals surface area contributed by atoms with Gasteiger partial charge in [-0.3, -0.25) is 9.59 Å². The molecule has 1 aromatic heterocycles. The van der Waals surface area contributed by atoms with Crippen LogP contribution in [0.1, 0.15) is 59.2 Å². The van der Waals surface area contributed by atoms with E-state index in [0.29, 0.717) is 30.0 Å². The van der Waals surface area contributed by atoms with Gasteiger partial charge >= 0.3 is 0 Å². The van der Waals surface area contributed by atoms with Gasteiger partial charge in [-0.1, -0.05) is 18.6 Å². The number of para-hydroxylation sites is 1. The molecule has 2 atom stereocenters. The third-order valence-corrected chi connectivity index (χ3v) is 5.72. The zero-order chi connectivity index (χ0) is 20.1. The van der Waals surface area contributed by atoms with Crippen LogP contribution >= 0.6 is 0 Å². The number of amides is 2. The summed E-state index contributed by atoms with van der Waals surface area (Å²) in [7, 11) is 0. The first kappa shape index (κ1) is 19.4. The summed E-state index contributed by atoms with van der Waals surface area (Å²) in [5, 5.41) is 10.8. The van der Waals surface area contributed by atoms with Crippen LogP contribution in [0.3, 0.4) is 0 Å². The Kier molecular flexibility index (Phi) is 6.03. The number of likely N-dealkylation sites (tertiary alicyclic amines) is 1. The molecule has 7 nitrogen and oxygen atoms in total. The Labute approximate surface area is 170 Å². The Bertz CT molecular complexity index is 858. The SMILES string of the molecule is O=C1N[C@H]2CCCN(C(=O)c3ccnnc3)[C@H]2CCCCCOc2ccccc21. The standard InChI is InChI=1S/C22H26N4O3/c27-21-17-7-3-4-10-20(17)29-14-5-1-2-9-19-18(25-21)8-6-13-26(19)22(28)16-11-12-23-24-15-16/h3-4,7,10-12,15,18-19H,1-2,5-6,8-9,13-14H2,(H,25,27)/t18-,19-/m0/s1. The molecule has 2 aliphatic heterocycles. The number of hydrogen-bond acceptors (Lipinski definition) is 5. The van der Waals surface area contributed by atoms with Gasteiger partial charge < -0.3 is 15.0 Å². The van der Waals surface area contributed by atoms with Gasteiger partial charge in [0, 0.05) is 12.6 Å². The Balaban J connectivity index is 1.60. The number of aromatic nitrogens is 2. The fourth-order valence-corrected chi connectivity index (χ4v) is 4.26. The van der Waals surface area contributed by atoms with Gasteiger partial charge in [-0.2, -0.15) is 10.2 Å². The second-order valence-corrected chi connectivity index (χ2v) is 7.61. The minimum absolute atomic E-state index is 0.0270. The van der Waals surface area contributed by atoms with Crippen molar-refractivity contribution in [3.63, 3.8) is 0 Å². The van der Waals surface area contributed by atoms with E-state index in [2.05, 4.69) is 15.5 Å². The molecular weight excluding hydrogens is 368 g/mol. The van der Waals surface area contributed by atoms with Crippen LogP contribution in [0.25, 0.3) is 0 Å². The van der Waals surface area contributed by atoms with Gasteiger partial charge in [-0.05, 0) is 50.3 Å². The van der Waals surface area contributed by atoms with E-state index >= 15 is 0 Å². The van der Waals surface area contributed by atoms with E-state index in [1.54, 1.807) is 12.1 Å². The fraction of sp³-hybridized carbons (Fsp3) is 0.455. The molecule has 29 heavy (non-hydrogen) atoms. The lowest BCUT2D eigenvalue weighted by molar-refractivity contribution is 0.0504. The van der Waals surface area contributed by atoms with E-state index in [1.165, 1.54) is 12.4 Å². The average Bonchev–Trinajstić information content (AvgIpc) is 2.76. The minimum atomic E-state index is -0.143. The van der Waals surface area contributed by atoms with Crippen LogP contribution in [0.5, 0.6) is 5.75 Å². The van der Waals surface area contributed by atoms with Crippen molar-refractivity contribution in [2.24, 2.45) is 0 Å². The van der Waals surface area contributed by atoms with Crippen molar-refractivity contribution in [3.8, 4) is 5.75 Å². The van der Waals surface area contributed by atoms with Crippen LogP contribution in [-0.2, 0) is 0 Å². The van der Waals surface area contributed by atoms with Crippen molar-refractivity contribution in [1.29, 1.82) is 0 Å². The Hall–Kier alpha value is -2.96. The molecule has 0 aliphatic carbocycles. The monoisotopic (exact) mass is 394 g/mol. The molecule has 2 aromatic rings. The van der Waals surface area contributed by atoms with Gasteiger partial charge in [-0.25, -0.2) is 0 Å². The number of nitrogens with zero attached hydrogens (tertiary/aromatic N) is 3. The normalized spacial score (nSPS) is 22.8. The maximum atomic E-state index is 13.1. The smallest absolute Gasteiger partial charge is 0.255 e. The van der Waals surface area contributed by atoms with E-state index in [9.17, 15) is 9.59 Å². The Morgan fingerprint density at radius 3 is 2.83 bits per heavy atom. The van der Waals surface area contributed by atoms with Crippen LogP contribution in [-0.4, -0.2) is 52.1 Å². The molecular formula is C22H26N4O3. The molecule has 1 N–H and O–H groups in total. The number of hydrogen-bond donors (Lipinski definition) is 1. The highest BCUT2D eigenvalue weighted by molar-refractivity contribution is 5.97. The predicted octanol–water partition coefficient (Wildman–Crippen LogP) is 2.83. The number of piperidine rings is 1. The second kappa shape index (κ2) is 9.03. The largest absolute Gasteiger partial charge is 0.493 e. The first-order valence-electron chi connectivity index (χ1n) is 10.3. The summed E-state index contributed by atoms with van der Waals surface area (Å²) in [6.07, 6.45) is 8.55. The molecule has 3 heterocycles. The number of carbonyl (C=O) groups excluding carboxylic acids is 2. The number of ether oxygens (including phenoxy) is 1. The van der Waals surface area contributed by atoms with Crippen LogP contribution < -0.4 is 10.1 Å². The molecule has 1 fully saturated rings. The molecule has 0 spiro atoms. The molecule has 0 saturated carbocycles. The van der Waals surface area contributed by atoms with Crippen molar-refractivity contribution in [2.75, 3.05) is 13.2 Å². The van der Waals surface area contributed by atoms with Crippen molar-refractivity contribution in [3.05, 3.63) is 53.9 Å². The summed E-state index contributed by atoms with van der Waals surface area (Å²) in [4.78, 5) is 28.1. The lowest BCUT2D eigenvalue weighted by Gasteiger charge is -2.42. The molecule has 152 valence electrons. The van der Waals surface area contributed by atoms with Crippen LogP contribution in [0.15, 0.2) is 42.7 Å². The number of rotatable bonds is 1. The Morgan fingerprint density at radius 2 is 1.97 bits per heavy atom. The zero-order valence-corrected chi connectivity index (χ0v) is 16.4. The van der Waals surface area contributed by atoms with Crippen LogP contribution in [0, 0.1) is 0 Å². The summed E-state index contributed by atoms with van der Waals surface area (Å²) in [6, 6.07) is 8.94. The lowest BCUT2D eigenvalue weighted by Crippen LogP contribution is -2.57. The molecule has 1 aromatic carbocycles. The summed E-state index contributed by atoms with van der Waals surface area (Å²) >= 11 is 0. The van der Waals surface area contributed by atoms with E-state index < -0.39 is 0 Å². The molecule has 4 rings (SSSR count). The van der Waals surface area contributed by atoms with Crippen molar-refractivity contribution >= 4 is 11.8 Å². The molecule has 0 unspecified atom stereocenters. The van der Waals surface area contributed by atoms with Gasteiger partial charge in [0.1, 0.15) is 5.75 Å². The molecule has 0 radical (unpaired) electrons. The minimum Gasteiger partial charge on any atom is -0.493 e. The van der Waals surface area contributed by atoms with E-state index in [4.69, 9.17) is 4.74 Å². The second-order valence-electron chi connectivity index (χ2n) is 7.61. The fourth-order valence-electron chi connectivity index (χ4n) is 4.26. The van der Waals surface area contributed by atoms with E-state index in [-0.39, 0.29) is 23.9 Å². The number of fused-ring (bicyclic) bond motifs is 2. The van der Waals surface area contributed by atoms with Crippen LogP contribution in [0.2, 0.25) is 0 Å². The maximum absolute atomic E-state index is 13.1. The van der Waals surface area contributed by atoms with Gasteiger partial charge in [0.2, 0.25) is 0 Å². The topological polar surface area (TPSA) is 84.4 Å². The van der Waals surface area contributed by atoms with Gasteiger partial charge in [-0.15, -0.1) is 0 Å². The molecule has 1 saturated heterocycles. The van der Waals surface area contributed by atoms with Crippen LogP contribution in [0.4, 0.5) is 0 Å². The molecule has 7 heteroatoms. The van der Waals surface area contributed by atoms with Gasteiger partial charge in [0.15, 0.2) is 0 Å². The summed E-state index contributed by atoms with van der Waals surface area (Å²) in [5.74, 6) is 0.435. The highest BCUT2D eigenvalue weighted by Gasteiger charge is 2.35. The molecule has 2 aliphatic rings. The van der Waals surface area contributed by atoms with E-state index in [1.807, 2.05) is 23.1 Å². The van der Waals surface area contributed by atoms with Crippen molar-refractivity contribution < 1.29 is 14.3 Å². The number of nitrogens with one attached hydrogen (secondary N) is 1. The van der Waals surface area contributed by atoms with Gasteiger partial charge in [0.25, 0.3) is 11.8 Å². The molecule has 2 amide bonds. The highest BCUT2D eigenvalue weighted by Crippen LogP contribution is 2.26. The van der Waals surface area contributed by atoms with Crippen molar-refractivity contribution in [1.82, 2.24) is 20.4 Å². The summed E-state index contributed by atoms with van der Waals surface area (Å²) in [5.41, 5.74) is 1.09. The average molecular weight is 394 g/mol. The third-order valence-electron chi connectivity index (χ3n) is 5.72. The summed E-state index contributed by atoms with van der Waals surface area (Å²) < 4.78 is 5.85. The zero-order valence-electron chi connectivity index (χ0n) is 16.4. The molecule has 0 bridgehead atoms. The number of carbonyl (C=O) groups is 2. The quantitative estimate of drug-likeness (QED) is 0.804. The first-order chi connectivity index (χ1) is 14.2. The third kappa shape index (κ3) is 4.39. The van der Waals surface area contributed by atoms with Gasteiger partial charge in [0.05, 0.1) is 36.2 Å². The van der Waals surface area contributed by atoms with E-state index in [0.717, 1.165) is 38.5 Å². The Morgan fingerprint density at radius 1 is 1.07 bits per heavy atom. The first-order valence-corrected chi connectivity index (χ1v) is 10.3.